The fourth-order valence-electron chi connectivity index (χ4n) is 2.92. The van der Waals surface area contributed by atoms with Gasteiger partial charge >= 0.3 is 0 Å². The molecule has 2 aliphatic rings. The van der Waals surface area contributed by atoms with Crippen LogP contribution in [0, 0.1) is 11.8 Å². The minimum absolute atomic E-state index is 0.0229. The SMILES string of the molecule is OC(CC1C=CCCC1)C1CCCC1. The number of rotatable bonds is 3. The van der Waals surface area contributed by atoms with E-state index in [2.05, 4.69) is 12.2 Å². The van der Waals surface area contributed by atoms with Gasteiger partial charge < -0.3 is 5.11 Å². The first-order chi connectivity index (χ1) is 6.86. The van der Waals surface area contributed by atoms with E-state index in [1.54, 1.807) is 0 Å². The van der Waals surface area contributed by atoms with Gasteiger partial charge in [0.1, 0.15) is 0 Å². The van der Waals surface area contributed by atoms with Crippen LogP contribution in [-0.2, 0) is 0 Å². The van der Waals surface area contributed by atoms with Crippen molar-refractivity contribution in [2.24, 2.45) is 11.8 Å². The molecule has 0 saturated heterocycles. The lowest BCUT2D eigenvalue weighted by Gasteiger charge is -2.23. The summed E-state index contributed by atoms with van der Waals surface area (Å²) in [5.74, 6) is 1.28. The van der Waals surface area contributed by atoms with Crippen molar-refractivity contribution < 1.29 is 5.11 Å². The normalized spacial score (nSPS) is 30.8. The van der Waals surface area contributed by atoms with E-state index in [1.807, 2.05) is 0 Å². The molecule has 0 spiro atoms. The van der Waals surface area contributed by atoms with E-state index in [-0.39, 0.29) is 6.10 Å². The minimum Gasteiger partial charge on any atom is -0.393 e. The van der Waals surface area contributed by atoms with Crippen LogP contribution in [0.5, 0.6) is 0 Å². The van der Waals surface area contributed by atoms with Crippen LogP contribution in [0.3, 0.4) is 0 Å². The van der Waals surface area contributed by atoms with Gasteiger partial charge in [-0.2, -0.15) is 0 Å². The summed E-state index contributed by atoms with van der Waals surface area (Å²) in [6, 6.07) is 0. The van der Waals surface area contributed by atoms with Gasteiger partial charge in [-0.3, -0.25) is 0 Å². The summed E-state index contributed by atoms with van der Waals surface area (Å²) in [7, 11) is 0. The molecule has 14 heavy (non-hydrogen) atoms. The highest BCUT2D eigenvalue weighted by atomic mass is 16.3. The molecule has 0 aromatic rings. The van der Waals surface area contributed by atoms with Gasteiger partial charge in [-0.05, 0) is 50.4 Å². The van der Waals surface area contributed by atoms with E-state index in [4.69, 9.17) is 0 Å². The Balaban J connectivity index is 1.77. The molecular weight excluding hydrogens is 172 g/mol. The van der Waals surface area contributed by atoms with Crippen molar-refractivity contribution in [3.8, 4) is 0 Å². The number of allylic oxidation sites excluding steroid dienone is 2. The predicted molar refractivity (Wildman–Crippen MR) is 59.1 cm³/mol. The van der Waals surface area contributed by atoms with Crippen LogP contribution < -0.4 is 0 Å². The first-order valence-corrected chi connectivity index (χ1v) is 6.21. The first kappa shape index (κ1) is 10.2. The Morgan fingerprint density at radius 1 is 1.14 bits per heavy atom. The third kappa shape index (κ3) is 2.60. The zero-order valence-corrected chi connectivity index (χ0v) is 8.99. The Morgan fingerprint density at radius 2 is 1.93 bits per heavy atom. The van der Waals surface area contributed by atoms with E-state index in [1.165, 1.54) is 44.9 Å². The van der Waals surface area contributed by atoms with Crippen LogP contribution in [0.25, 0.3) is 0 Å². The van der Waals surface area contributed by atoms with Crippen LogP contribution in [0.4, 0.5) is 0 Å². The van der Waals surface area contributed by atoms with Crippen molar-refractivity contribution in [1.82, 2.24) is 0 Å². The number of aliphatic hydroxyl groups excluding tert-OH is 1. The second-order valence-electron chi connectivity index (χ2n) is 4.97. The van der Waals surface area contributed by atoms with Crippen LogP contribution in [-0.4, -0.2) is 11.2 Å². The molecule has 0 amide bonds. The standard InChI is InChI=1S/C13H22O/c14-13(12-8-4-5-9-12)10-11-6-2-1-3-7-11/h2,6,11-14H,1,3-5,7-10H2. The van der Waals surface area contributed by atoms with Gasteiger partial charge in [-0.15, -0.1) is 0 Å². The Labute approximate surface area is 87.2 Å². The van der Waals surface area contributed by atoms with E-state index in [0.717, 1.165) is 6.42 Å². The van der Waals surface area contributed by atoms with Gasteiger partial charge in [0.2, 0.25) is 0 Å². The summed E-state index contributed by atoms with van der Waals surface area (Å²) in [4.78, 5) is 0. The van der Waals surface area contributed by atoms with E-state index >= 15 is 0 Å². The molecule has 0 aromatic heterocycles. The molecular formula is C13H22O. The Hall–Kier alpha value is -0.300. The average Bonchev–Trinajstić information content (AvgIpc) is 2.72. The lowest BCUT2D eigenvalue weighted by Crippen LogP contribution is -2.21. The fraction of sp³-hybridized carbons (Fsp3) is 0.846. The molecule has 1 saturated carbocycles. The smallest absolute Gasteiger partial charge is 0.0574 e. The van der Waals surface area contributed by atoms with Crippen molar-refractivity contribution in [2.75, 3.05) is 0 Å². The zero-order valence-electron chi connectivity index (χ0n) is 8.99. The van der Waals surface area contributed by atoms with Gasteiger partial charge in [0.25, 0.3) is 0 Å². The summed E-state index contributed by atoms with van der Waals surface area (Å²) < 4.78 is 0. The molecule has 0 bridgehead atoms. The van der Waals surface area contributed by atoms with Crippen LogP contribution >= 0.6 is 0 Å². The highest BCUT2D eigenvalue weighted by Gasteiger charge is 2.25. The molecule has 0 heterocycles. The molecule has 80 valence electrons. The lowest BCUT2D eigenvalue weighted by atomic mass is 9.86. The van der Waals surface area contributed by atoms with Crippen LogP contribution in [0.15, 0.2) is 12.2 Å². The van der Waals surface area contributed by atoms with Gasteiger partial charge in [0.15, 0.2) is 0 Å². The predicted octanol–water partition coefficient (Wildman–Crippen LogP) is 3.28. The van der Waals surface area contributed by atoms with Gasteiger partial charge in [0, 0.05) is 0 Å². The Kier molecular flexibility index (Phi) is 3.63. The Bertz CT molecular complexity index is 191. The molecule has 1 N–H and O–H groups in total. The number of aliphatic hydroxyl groups is 1. The maximum Gasteiger partial charge on any atom is 0.0574 e. The molecule has 0 radical (unpaired) electrons. The average molecular weight is 194 g/mol. The first-order valence-electron chi connectivity index (χ1n) is 6.21. The molecule has 2 aliphatic carbocycles. The second-order valence-corrected chi connectivity index (χ2v) is 4.97. The summed E-state index contributed by atoms with van der Waals surface area (Å²) in [5.41, 5.74) is 0. The number of hydrogen-bond donors (Lipinski definition) is 1. The van der Waals surface area contributed by atoms with Crippen molar-refractivity contribution in [1.29, 1.82) is 0 Å². The molecule has 1 nitrogen and oxygen atoms in total. The Morgan fingerprint density at radius 3 is 2.57 bits per heavy atom. The van der Waals surface area contributed by atoms with E-state index in [0.29, 0.717) is 11.8 Å². The molecule has 1 heteroatoms. The van der Waals surface area contributed by atoms with Crippen molar-refractivity contribution >= 4 is 0 Å². The lowest BCUT2D eigenvalue weighted by molar-refractivity contribution is 0.0885. The van der Waals surface area contributed by atoms with Gasteiger partial charge in [-0.25, -0.2) is 0 Å². The van der Waals surface area contributed by atoms with Crippen molar-refractivity contribution in [3.05, 3.63) is 12.2 Å². The zero-order chi connectivity index (χ0) is 9.80. The fourth-order valence-corrected chi connectivity index (χ4v) is 2.92. The third-order valence-corrected chi connectivity index (χ3v) is 3.84. The summed E-state index contributed by atoms with van der Waals surface area (Å²) in [5, 5.41) is 10.1. The maximum atomic E-state index is 10.1. The summed E-state index contributed by atoms with van der Waals surface area (Å²) in [6.07, 6.45) is 14.7. The topological polar surface area (TPSA) is 20.2 Å². The quantitative estimate of drug-likeness (QED) is 0.684. The maximum absolute atomic E-state index is 10.1. The number of hydrogen-bond acceptors (Lipinski definition) is 1. The largest absolute Gasteiger partial charge is 0.393 e. The van der Waals surface area contributed by atoms with Gasteiger partial charge in [0.05, 0.1) is 6.10 Å². The third-order valence-electron chi connectivity index (χ3n) is 3.84. The molecule has 2 unspecified atom stereocenters. The molecule has 2 rings (SSSR count). The highest BCUT2D eigenvalue weighted by Crippen LogP contribution is 2.32. The summed E-state index contributed by atoms with van der Waals surface area (Å²) >= 11 is 0. The second kappa shape index (κ2) is 4.97. The molecule has 0 aromatic carbocycles. The molecule has 2 atom stereocenters. The van der Waals surface area contributed by atoms with E-state index in [9.17, 15) is 5.11 Å². The molecule has 0 aliphatic heterocycles. The van der Waals surface area contributed by atoms with E-state index < -0.39 is 0 Å². The van der Waals surface area contributed by atoms with Crippen LogP contribution in [0.1, 0.15) is 51.4 Å². The highest BCUT2D eigenvalue weighted by molar-refractivity contribution is 4.94. The monoisotopic (exact) mass is 194 g/mol. The molecule has 1 fully saturated rings. The minimum atomic E-state index is -0.0229. The van der Waals surface area contributed by atoms with Crippen LogP contribution in [0.2, 0.25) is 0 Å². The van der Waals surface area contributed by atoms with Crippen molar-refractivity contribution in [2.45, 2.75) is 57.5 Å². The summed E-state index contributed by atoms with van der Waals surface area (Å²) in [6.45, 7) is 0. The van der Waals surface area contributed by atoms with Gasteiger partial charge in [-0.1, -0.05) is 25.0 Å². The van der Waals surface area contributed by atoms with Crippen molar-refractivity contribution in [3.63, 3.8) is 0 Å².